The zero-order chi connectivity index (χ0) is 15.5. The van der Waals surface area contributed by atoms with Crippen molar-refractivity contribution in [2.45, 2.75) is 39.0 Å². The molecule has 1 atom stereocenters. The maximum Gasteiger partial charge on any atom is 0.410 e. The number of hydrogen-bond donors (Lipinski definition) is 1. The number of aliphatic hydroxyl groups excluding tert-OH is 1. The van der Waals surface area contributed by atoms with Gasteiger partial charge >= 0.3 is 6.09 Å². The van der Waals surface area contributed by atoms with Gasteiger partial charge in [-0.3, -0.25) is 4.90 Å². The quantitative estimate of drug-likeness (QED) is 0.910. The van der Waals surface area contributed by atoms with Crippen LogP contribution in [0.15, 0.2) is 24.3 Å². The summed E-state index contributed by atoms with van der Waals surface area (Å²) in [5.74, 6) is 0. The lowest BCUT2D eigenvalue weighted by Gasteiger charge is -2.36. The van der Waals surface area contributed by atoms with E-state index < -0.39 is 5.60 Å². The molecule has 2 rings (SSSR count). The average Bonchev–Trinajstić information content (AvgIpc) is 2.45. The highest BCUT2D eigenvalue weighted by Crippen LogP contribution is 2.26. The molecule has 1 fully saturated rings. The standard InChI is InChI=1S/C16H23NO4/c1-16(2,3)21-15(19)17-8-9-20-11-14(17)13-6-4-12(10-18)5-7-13/h4-7,14,18H,8-11H2,1-3H3/t14-/m0/s1. The van der Waals surface area contributed by atoms with Crippen LogP contribution in [0.4, 0.5) is 4.79 Å². The van der Waals surface area contributed by atoms with Crippen LogP contribution in [0.2, 0.25) is 0 Å². The summed E-state index contributed by atoms with van der Waals surface area (Å²) in [5, 5.41) is 9.10. The maximum atomic E-state index is 12.3. The van der Waals surface area contributed by atoms with Crippen molar-refractivity contribution in [2.24, 2.45) is 0 Å². The van der Waals surface area contributed by atoms with E-state index in [-0.39, 0.29) is 18.7 Å². The van der Waals surface area contributed by atoms with Gasteiger partial charge in [0.2, 0.25) is 0 Å². The predicted molar refractivity (Wildman–Crippen MR) is 78.9 cm³/mol. The summed E-state index contributed by atoms with van der Waals surface area (Å²) >= 11 is 0. The molecule has 1 aromatic rings. The van der Waals surface area contributed by atoms with Gasteiger partial charge in [-0.2, -0.15) is 0 Å². The summed E-state index contributed by atoms with van der Waals surface area (Å²) in [6, 6.07) is 7.40. The number of aliphatic hydroxyl groups is 1. The van der Waals surface area contributed by atoms with Crippen molar-refractivity contribution < 1.29 is 19.4 Å². The number of nitrogens with zero attached hydrogens (tertiary/aromatic N) is 1. The number of ether oxygens (including phenoxy) is 2. The molecule has 1 heterocycles. The van der Waals surface area contributed by atoms with Gasteiger partial charge in [0, 0.05) is 6.54 Å². The van der Waals surface area contributed by atoms with Crippen LogP contribution in [-0.2, 0) is 16.1 Å². The van der Waals surface area contributed by atoms with Crippen LogP contribution in [0, 0.1) is 0 Å². The Hall–Kier alpha value is -1.59. The van der Waals surface area contributed by atoms with Gasteiger partial charge in [-0.15, -0.1) is 0 Å². The van der Waals surface area contributed by atoms with Crippen molar-refractivity contribution in [3.8, 4) is 0 Å². The van der Waals surface area contributed by atoms with Crippen molar-refractivity contribution in [1.82, 2.24) is 4.90 Å². The number of carbonyl (C=O) groups excluding carboxylic acids is 1. The summed E-state index contributed by atoms with van der Waals surface area (Å²) in [5.41, 5.74) is 1.32. The lowest BCUT2D eigenvalue weighted by Crippen LogP contribution is -2.45. The minimum Gasteiger partial charge on any atom is -0.444 e. The van der Waals surface area contributed by atoms with Crippen LogP contribution >= 0.6 is 0 Å². The van der Waals surface area contributed by atoms with Crippen LogP contribution in [-0.4, -0.2) is 41.5 Å². The minimum absolute atomic E-state index is 0.0111. The highest BCUT2D eigenvalue weighted by atomic mass is 16.6. The van der Waals surface area contributed by atoms with Crippen molar-refractivity contribution in [3.05, 3.63) is 35.4 Å². The van der Waals surface area contributed by atoms with Gasteiger partial charge in [-0.1, -0.05) is 24.3 Å². The number of morpholine rings is 1. The second-order valence-corrected chi connectivity index (χ2v) is 6.16. The number of carbonyl (C=O) groups is 1. The van der Waals surface area contributed by atoms with Gasteiger partial charge in [0.1, 0.15) is 5.60 Å². The van der Waals surface area contributed by atoms with Crippen LogP contribution < -0.4 is 0 Å². The van der Waals surface area contributed by atoms with Crippen molar-refractivity contribution in [2.75, 3.05) is 19.8 Å². The first-order valence-corrected chi connectivity index (χ1v) is 7.18. The topological polar surface area (TPSA) is 59.0 Å². The van der Waals surface area contributed by atoms with E-state index in [0.29, 0.717) is 19.8 Å². The molecule has 116 valence electrons. The van der Waals surface area contributed by atoms with E-state index in [0.717, 1.165) is 11.1 Å². The Labute approximate surface area is 125 Å². The first-order valence-electron chi connectivity index (χ1n) is 7.18. The van der Waals surface area contributed by atoms with Gasteiger partial charge in [-0.05, 0) is 31.9 Å². The van der Waals surface area contributed by atoms with Crippen LogP contribution in [0.5, 0.6) is 0 Å². The van der Waals surface area contributed by atoms with Gasteiger partial charge in [-0.25, -0.2) is 4.79 Å². The highest BCUT2D eigenvalue weighted by Gasteiger charge is 2.31. The average molecular weight is 293 g/mol. The van der Waals surface area contributed by atoms with Crippen LogP contribution in [0.1, 0.15) is 37.9 Å². The molecular formula is C16H23NO4. The largest absolute Gasteiger partial charge is 0.444 e. The fourth-order valence-corrected chi connectivity index (χ4v) is 2.26. The Balaban J connectivity index is 2.16. The molecule has 0 bridgehead atoms. The number of rotatable bonds is 2. The third kappa shape index (κ3) is 4.19. The molecule has 5 nitrogen and oxygen atoms in total. The third-order valence-corrected chi connectivity index (χ3v) is 3.30. The highest BCUT2D eigenvalue weighted by molar-refractivity contribution is 5.69. The van der Waals surface area contributed by atoms with Gasteiger partial charge in [0.15, 0.2) is 0 Å². The Morgan fingerprint density at radius 1 is 1.38 bits per heavy atom. The zero-order valence-electron chi connectivity index (χ0n) is 12.8. The van der Waals surface area contributed by atoms with Crippen molar-refractivity contribution in [1.29, 1.82) is 0 Å². The van der Waals surface area contributed by atoms with E-state index in [1.165, 1.54) is 0 Å². The Kier molecular flexibility index (Phi) is 4.85. The van der Waals surface area contributed by atoms with Crippen molar-refractivity contribution in [3.63, 3.8) is 0 Å². The smallest absolute Gasteiger partial charge is 0.410 e. The summed E-state index contributed by atoms with van der Waals surface area (Å²) in [7, 11) is 0. The molecule has 0 aromatic heterocycles. The molecule has 0 radical (unpaired) electrons. The molecule has 1 amide bonds. The van der Waals surface area contributed by atoms with Gasteiger partial charge in [0.25, 0.3) is 0 Å². The lowest BCUT2D eigenvalue weighted by atomic mass is 10.0. The fourth-order valence-electron chi connectivity index (χ4n) is 2.26. The SMILES string of the molecule is CC(C)(C)OC(=O)N1CCOC[C@H]1c1ccc(CO)cc1. The summed E-state index contributed by atoms with van der Waals surface area (Å²) in [6.07, 6.45) is -0.318. The molecule has 1 N–H and O–H groups in total. The van der Waals surface area contributed by atoms with Crippen molar-refractivity contribution >= 4 is 6.09 Å². The summed E-state index contributed by atoms with van der Waals surface area (Å²) < 4.78 is 11.0. The monoisotopic (exact) mass is 293 g/mol. The lowest BCUT2D eigenvalue weighted by molar-refractivity contribution is -0.0331. The summed E-state index contributed by atoms with van der Waals surface area (Å²) in [4.78, 5) is 14.0. The van der Waals surface area contributed by atoms with E-state index in [2.05, 4.69) is 0 Å². The van der Waals surface area contributed by atoms with E-state index >= 15 is 0 Å². The molecular weight excluding hydrogens is 270 g/mol. The van der Waals surface area contributed by atoms with Gasteiger partial charge < -0.3 is 14.6 Å². The molecule has 1 saturated heterocycles. The predicted octanol–water partition coefficient (Wildman–Crippen LogP) is 2.49. The zero-order valence-corrected chi connectivity index (χ0v) is 12.8. The molecule has 5 heteroatoms. The molecule has 1 aliphatic heterocycles. The van der Waals surface area contributed by atoms with Crippen LogP contribution in [0.25, 0.3) is 0 Å². The van der Waals surface area contributed by atoms with E-state index in [1.54, 1.807) is 4.90 Å². The second-order valence-electron chi connectivity index (χ2n) is 6.16. The first-order chi connectivity index (χ1) is 9.90. The maximum absolute atomic E-state index is 12.3. The molecule has 0 spiro atoms. The first kappa shape index (κ1) is 15.8. The van der Waals surface area contributed by atoms with Gasteiger partial charge in [0.05, 0.1) is 25.9 Å². The fraction of sp³-hybridized carbons (Fsp3) is 0.562. The Morgan fingerprint density at radius 2 is 2.05 bits per heavy atom. The van der Waals surface area contributed by atoms with E-state index in [9.17, 15) is 4.79 Å². The number of benzene rings is 1. The van der Waals surface area contributed by atoms with E-state index in [4.69, 9.17) is 14.6 Å². The second kappa shape index (κ2) is 6.45. The molecule has 0 aliphatic carbocycles. The molecule has 0 unspecified atom stereocenters. The normalized spacial score (nSPS) is 19.4. The Bertz CT molecular complexity index is 478. The van der Waals surface area contributed by atoms with Crippen LogP contribution in [0.3, 0.4) is 0 Å². The minimum atomic E-state index is -0.513. The number of hydrogen-bond acceptors (Lipinski definition) is 4. The third-order valence-electron chi connectivity index (χ3n) is 3.30. The number of amides is 1. The molecule has 0 saturated carbocycles. The molecule has 21 heavy (non-hydrogen) atoms. The molecule has 1 aromatic carbocycles. The Morgan fingerprint density at radius 3 is 2.62 bits per heavy atom. The van der Waals surface area contributed by atoms with E-state index in [1.807, 2.05) is 45.0 Å². The molecule has 1 aliphatic rings. The summed E-state index contributed by atoms with van der Waals surface area (Å²) in [6.45, 7) is 7.07.